The maximum Gasteiger partial charge on any atom is 0.309 e. The van der Waals surface area contributed by atoms with Crippen molar-refractivity contribution in [2.24, 2.45) is 5.92 Å². The normalized spacial score (nSPS) is 14.4. The number of aryl methyl sites for hydroxylation is 2. The molecule has 1 aromatic carbocycles. The number of ether oxygens (including phenoxy) is 1. The molecule has 0 aromatic heterocycles. The van der Waals surface area contributed by atoms with Crippen LogP contribution in [0, 0.1) is 5.92 Å². The van der Waals surface area contributed by atoms with Crippen molar-refractivity contribution in [2.75, 3.05) is 11.9 Å². The minimum atomic E-state index is -0.265. The standard InChI is InChI=1S/C17H23NO3/c1-3-12-7-5-8-13(4-2)16(12)18-15(19)11-21-17(20)14-9-6-10-14/h5,7-8,14H,3-4,6,9-11H2,1-2H3,(H,18,19). The number of rotatable bonds is 6. The molecule has 0 unspecified atom stereocenters. The molecule has 0 radical (unpaired) electrons. The summed E-state index contributed by atoms with van der Waals surface area (Å²) >= 11 is 0. The first-order valence-corrected chi connectivity index (χ1v) is 7.73. The molecule has 114 valence electrons. The lowest BCUT2D eigenvalue weighted by molar-refractivity contribution is -0.154. The van der Waals surface area contributed by atoms with E-state index in [1.807, 2.05) is 18.2 Å². The van der Waals surface area contributed by atoms with E-state index >= 15 is 0 Å². The fourth-order valence-electron chi connectivity index (χ4n) is 2.48. The molecule has 4 nitrogen and oxygen atoms in total. The van der Waals surface area contributed by atoms with Crippen LogP contribution < -0.4 is 5.32 Å². The van der Waals surface area contributed by atoms with E-state index in [0.717, 1.165) is 48.9 Å². The quantitative estimate of drug-likeness (QED) is 0.819. The third kappa shape index (κ3) is 3.84. The summed E-state index contributed by atoms with van der Waals surface area (Å²) in [5.74, 6) is -0.499. The lowest BCUT2D eigenvalue weighted by Gasteiger charge is -2.23. The molecule has 1 aliphatic rings. The summed E-state index contributed by atoms with van der Waals surface area (Å²) in [6, 6.07) is 6.02. The highest BCUT2D eigenvalue weighted by Crippen LogP contribution is 2.27. The van der Waals surface area contributed by atoms with Crippen LogP contribution in [-0.4, -0.2) is 18.5 Å². The highest BCUT2D eigenvalue weighted by atomic mass is 16.5. The number of hydrogen-bond donors (Lipinski definition) is 1. The number of para-hydroxylation sites is 1. The van der Waals surface area contributed by atoms with Gasteiger partial charge in [-0.25, -0.2) is 0 Å². The number of carbonyl (C=O) groups is 2. The monoisotopic (exact) mass is 289 g/mol. The molecule has 0 saturated heterocycles. The van der Waals surface area contributed by atoms with Gasteiger partial charge in [-0.15, -0.1) is 0 Å². The highest BCUT2D eigenvalue weighted by molar-refractivity contribution is 5.94. The number of amides is 1. The maximum atomic E-state index is 12.0. The minimum absolute atomic E-state index is 0.00642. The van der Waals surface area contributed by atoms with Gasteiger partial charge in [0.25, 0.3) is 5.91 Å². The summed E-state index contributed by atoms with van der Waals surface area (Å²) in [6.07, 6.45) is 4.56. The molecule has 1 aliphatic carbocycles. The van der Waals surface area contributed by atoms with Gasteiger partial charge in [0, 0.05) is 5.69 Å². The Morgan fingerprint density at radius 3 is 2.29 bits per heavy atom. The van der Waals surface area contributed by atoms with Crippen molar-refractivity contribution in [3.63, 3.8) is 0 Å². The molecule has 0 aliphatic heterocycles. The number of nitrogens with one attached hydrogen (secondary N) is 1. The zero-order valence-electron chi connectivity index (χ0n) is 12.8. The number of anilines is 1. The van der Waals surface area contributed by atoms with E-state index in [9.17, 15) is 9.59 Å². The Hall–Kier alpha value is -1.84. The Kier molecular flexibility index (Phi) is 5.37. The smallest absolute Gasteiger partial charge is 0.309 e. The van der Waals surface area contributed by atoms with Gasteiger partial charge in [0.15, 0.2) is 6.61 Å². The second-order valence-corrected chi connectivity index (χ2v) is 5.44. The van der Waals surface area contributed by atoms with Gasteiger partial charge in [0.05, 0.1) is 5.92 Å². The molecule has 0 bridgehead atoms. The molecule has 0 atom stereocenters. The van der Waals surface area contributed by atoms with Crippen LogP contribution >= 0.6 is 0 Å². The highest BCUT2D eigenvalue weighted by Gasteiger charge is 2.27. The van der Waals surface area contributed by atoms with Crippen LogP contribution in [0.1, 0.15) is 44.2 Å². The Morgan fingerprint density at radius 2 is 1.81 bits per heavy atom. The molecule has 1 N–H and O–H groups in total. The van der Waals surface area contributed by atoms with Crippen LogP contribution in [0.15, 0.2) is 18.2 Å². The number of carbonyl (C=O) groups excluding carboxylic acids is 2. The molecule has 1 saturated carbocycles. The van der Waals surface area contributed by atoms with Crippen molar-refractivity contribution in [2.45, 2.75) is 46.0 Å². The Labute approximate surface area is 125 Å². The topological polar surface area (TPSA) is 55.4 Å². The summed E-state index contributed by atoms with van der Waals surface area (Å²) in [5, 5.41) is 2.90. The van der Waals surface area contributed by atoms with E-state index in [1.165, 1.54) is 0 Å². The zero-order valence-corrected chi connectivity index (χ0v) is 12.8. The largest absolute Gasteiger partial charge is 0.455 e. The average molecular weight is 289 g/mol. The predicted molar refractivity (Wildman–Crippen MR) is 82.1 cm³/mol. The Bertz CT molecular complexity index is 499. The fraction of sp³-hybridized carbons (Fsp3) is 0.529. The molecule has 1 fully saturated rings. The summed E-state index contributed by atoms with van der Waals surface area (Å²) in [6.45, 7) is 3.92. The summed E-state index contributed by atoms with van der Waals surface area (Å²) in [7, 11) is 0. The maximum absolute atomic E-state index is 12.0. The van der Waals surface area contributed by atoms with Crippen LogP contribution in [0.4, 0.5) is 5.69 Å². The number of benzene rings is 1. The Morgan fingerprint density at radius 1 is 1.19 bits per heavy atom. The van der Waals surface area contributed by atoms with Crippen LogP contribution in [0.25, 0.3) is 0 Å². The minimum Gasteiger partial charge on any atom is -0.455 e. The third-order valence-electron chi connectivity index (χ3n) is 4.05. The molecule has 1 aromatic rings. The first kappa shape index (κ1) is 15.5. The van der Waals surface area contributed by atoms with Crippen molar-refractivity contribution in [1.82, 2.24) is 0 Å². The molecule has 0 heterocycles. The van der Waals surface area contributed by atoms with Gasteiger partial charge in [-0.05, 0) is 36.8 Å². The second-order valence-electron chi connectivity index (χ2n) is 5.44. The van der Waals surface area contributed by atoms with E-state index in [4.69, 9.17) is 4.74 Å². The molecule has 4 heteroatoms. The van der Waals surface area contributed by atoms with Crippen molar-refractivity contribution in [1.29, 1.82) is 0 Å². The van der Waals surface area contributed by atoms with Crippen molar-refractivity contribution < 1.29 is 14.3 Å². The van der Waals surface area contributed by atoms with E-state index in [2.05, 4.69) is 19.2 Å². The summed E-state index contributed by atoms with van der Waals surface area (Å²) in [5.41, 5.74) is 3.08. The van der Waals surface area contributed by atoms with Gasteiger partial charge in [0.1, 0.15) is 0 Å². The van der Waals surface area contributed by atoms with Gasteiger partial charge < -0.3 is 10.1 Å². The zero-order chi connectivity index (χ0) is 15.2. The summed E-state index contributed by atoms with van der Waals surface area (Å²) < 4.78 is 5.08. The third-order valence-corrected chi connectivity index (χ3v) is 4.05. The van der Waals surface area contributed by atoms with Crippen LogP contribution in [-0.2, 0) is 27.2 Å². The van der Waals surface area contributed by atoms with E-state index < -0.39 is 0 Å². The van der Waals surface area contributed by atoms with Crippen LogP contribution in [0.5, 0.6) is 0 Å². The van der Waals surface area contributed by atoms with Gasteiger partial charge in [0.2, 0.25) is 0 Å². The van der Waals surface area contributed by atoms with Crippen LogP contribution in [0.2, 0.25) is 0 Å². The van der Waals surface area contributed by atoms with E-state index in [-0.39, 0.29) is 24.4 Å². The molecular formula is C17H23NO3. The molecule has 21 heavy (non-hydrogen) atoms. The van der Waals surface area contributed by atoms with Crippen molar-refractivity contribution in [3.05, 3.63) is 29.3 Å². The van der Waals surface area contributed by atoms with E-state index in [0.29, 0.717) is 0 Å². The lowest BCUT2D eigenvalue weighted by Crippen LogP contribution is -2.28. The Balaban J connectivity index is 1.94. The molecule has 0 spiro atoms. The van der Waals surface area contributed by atoms with Crippen molar-refractivity contribution in [3.8, 4) is 0 Å². The number of hydrogen-bond acceptors (Lipinski definition) is 3. The van der Waals surface area contributed by atoms with Gasteiger partial charge in [-0.3, -0.25) is 9.59 Å². The average Bonchev–Trinajstić information content (AvgIpc) is 2.43. The SMILES string of the molecule is CCc1cccc(CC)c1NC(=O)COC(=O)C1CCC1. The second kappa shape index (κ2) is 7.25. The van der Waals surface area contributed by atoms with Gasteiger partial charge >= 0.3 is 5.97 Å². The molecular weight excluding hydrogens is 266 g/mol. The first-order valence-electron chi connectivity index (χ1n) is 7.73. The molecule has 1 amide bonds. The lowest BCUT2D eigenvalue weighted by atomic mass is 9.86. The molecule has 2 rings (SSSR count). The van der Waals surface area contributed by atoms with Crippen molar-refractivity contribution >= 4 is 17.6 Å². The van der Waals surface area contributed by atoms with E-state index in [1.54, 1.807) is 0 Å². The first-order chi connectivity index (χ1) is 10.2. The van der Waals surface area contributed by atoms with Gasteiger partial charge in [-0.2, -0.15) is 0 Å². The predicted octanol–water partition coefficient (Wildman–Crippen LogP) is 3.09. The fourth-order valence-corrected chi connectivity index (χ4v) is 2.48. The van der Waals surface area contributed by atoms with Gasteiger partial charge in [-0.1, -0.05) is 38.5 Å². The number of esters is 1. The van der Waals surface area contributed by atoms with Crippen LogP contribution in [0.3, 0.4) is 0 Å². The summed E-state index contributed by atoms with van der Waals surface area (Å²) in [4.78, 5) is 23.6.